The molecule has 15 nitrogen and oxygen atoms in total. The minimum atomic E-state index is -2.03. The van der Waals surface area contributed by atoms with Crippen LogP contribution in [0.4, 0.5) is 0 Å². The van der Waals surface area contributed by atoms with Crippen molar-refractivity contribution in [2.45, 2.75) is 231 Å². The van der Waals surface area contributed by atoms with Gasteiger partial charge in [0.2, 0.25) is 5.60 Å². The van der Waals surface area contributed by atoms with Crippen LogP contribution in [0.3, 0.4) is 0 Å². The molecule has 0 aromatic rings. The number of hydrogen-bond donors (Lipinski definition) is 0. The molecule has 1 aliphatic rings. The maximum absolute atomic E-state index is 14.1. The Morgan fingerprint density at radius 1 is 0.439 bits per heavy atom. The Morgan fingerprint density at radius 3 is 1.24 bits per heavy atom. The molecule has 1 aliphatic heterocycles. The average Bonchev–Trinajstić information content (AvgIpc) is 4.03. The van der Waals surface area contributed by atoms with Gasteiger partial charge >= 0.3 is 35.8 Å². The summed E-state index contributed by atoms with van der Waals surface area (Å²) in [5.41, 5.74) is -2.03. The molecule has 0 N–H and O–H groups in total. The van der Waals surface area contributed by atoms with E-state index < -0.39 is 42.3 Å². The van der Waals surface area contributed by atoms with E-state index in [4.69, 9.17) is 37.9 Å². The zero-order valence-electron chi connectivity index (χ0n) is 42.0. The van der Waals surface area contributed by atoms with Crippen molar-refractivity contribution in [2.24, 2.45) is 0 Å². The lowest BCUT2D eigenvalue weighted by Crippen LogP contribution is -2.48. The molecule has 0 bridgehead atoms. The molecule has 3 atom stereocenters. The van der Waals surface area contributed by atoms with E-state index in [0.717, 1.165) is 89.9 Å². The van der Waals surface area contributed by atoms with Crippen molar-refractivity contribution in [1.29, 1.82) is 0 Å². The second kappa shape index (κ2) is 40.7. The molecule has 3 unspecified atom stereocenters. The fourth-order valence-electron chi connectivity index (χ4n) is 7.18. The van der Waals surface area contributed by atoms with E-state index in [1.807, 2.05) is 19.0 Å². The molecule has 0 aliphatic carbocycles. The minimum Gasteiger partial charge on any atom is -0.466 e. The number of ether oxygens (including phenoxy) is 8. The Kier molecular flexibility index (Phi) is 37.5. The van der Waals surface area contributed by atoms with E-state index in [1.165, 1.54) is 12.8 Å². The topological polar surface area (TPSA) is 183 Å². The summed E-state index contributed by atoms with van der Waals surface area (Å²) in [5.74, 6) is -2.85. The first-order chi connectivity index (χ1) is 32.0. The molecule has 15 heteroatoms. The van der Waals surface area contributed by atoms with Crippen molar-refractivity contribution in [3.05, 3.63) is 0 Å². The van der Waals surface area contributed by atoms with E-state index in [9.17, 15) is 28.8 Å². The third-order valence-electron chi connectivity index (χ3n) is 11.3. The monoisotopic (exact) mass is 942 g/mol. The number of carbonyl (C=O) groups excluding carboxylic acids is 6. The number of rotatable bonds is 46. The van der Waals surface area contributed by atoms with E-state index in [-0.39, 0.29) is 50.6 Å². The first-order valence-electron chi connectivity index (χ1n) is 25.9. The summed E-state index contributed by atoms with van der Waals surface area (Å²) >= 11 is 0. The lowest BCUT2D eigenvalue weighted by molar-refractivity contribution is -0.189. The summed E-state index contributed by atoms with van der Waals surface area (Å²) < 4.78 is 45.0. The van der Waals surface area contributed by atoms with Crippen LogP contribution < -0.4 is 0 Å². The summed E-state index contributed by atoms with van der Waals surface area (Å²) in [6.07, 6.45) is 20.7. The number of unbranched alkanes of at least 4 members (excludes halogenated alkanes) is 18. The van der Waals surface area contributed by atoms with Crippen LogP contribution in [-0.2, 0) is 66.7 Å². The fraction of sp³-hybridized carbons (Fsp3) is 0.882. The van der Waals surface area contributed by atoms with E-state index >= 15 is 0 Å². The molecule has 0 amide bonds. The second-order valence-electron chi connectivity index (χ2n) is 18.0. The van der Waals surface area contributed by atoms with E-state index in [2.05, 4.69) is 20.8 Å². The molecule has 0 saturated carbocycles. The summed E-state index contributed by atoms with van der Waals surface area (Å²) in [4.78, 5) is 78.8. The van der Waals surface area contributed by atoms with Gasteiger partial charge in [-0.2, -0.15) is 0 Å². The molecule has 384 valence electrons. The third kappa shape index (κ3) is 34.1. The Hall–Kier alpha value is -3.30. The highest BCUT2D eigenvalue weighted by atomic mass is 16.8. The van der Waals surface area contributed by atoms with E-state index in [1.54, 1.807) is 0 Å². The predicted octanol–water partition coefficient (Wildman–Crippen LogP) is 10.1. The Labute approximate surface area is 398 Å². The summed E-state index contributed by atoms with van der Waals surface area (Å²) in [7, 11) is 3.62. The van der Waals surface area contributed by atoms with Crippen molar-refractivity contribution in [3.63, 3.8) is 0 Å². The van der Waals surface area contributed by atoms with Crippen LogP contribution in [0, 0.1) is 0 Å². The highest BCUT2D eigenvalue weighted by Crippen LogP contribution is 2.37. The smallest absolute Gasteiger partial charge is 0.351 e. The van der Waals surface area contributed by atoms with Crippen LogP contribution in [0.25, 0.3) is 0 Å². The van der Waals surface area contributed by atoms with Crippen LogP contribution in [0.2, 0.25) is 0 Å². The van der Waals surface area contributed by atoms with Gasteiger partial charge in [0.05, 0.1) is 45.9 Å². The highest BCUT2D eigenvalue weighted by Gasteiger charge is 2.54. The molecule has 1 saturated heterocycles. The van der Waals surface area contributed by atoms with Gasteiger partial charge < -0.3 is 42.8 Å². The lowest BCUT2D eigenvalue weighted by Gasteiger charge is -2.30. The second-order valence-corrected chi connectivity index (χ2v) is 18.0. The van der Waals surface area contributed by atoms with Crippen molar-refractivity contribution >= 4 is 35.8 Å². The van der Waals surface area contributed by atoms with Crippen molar-refractivity contribution in [3.8, 4) is 0 Å². The molecular formula is C51H91NO14. The predicted molar refractivity (Wildman–Crippen MR) is 252 cm³/mol. The van der Waals surface area contributed by atoms with Crippen LogP contribution in [0.1, 0.15) is 213 Å². The SMILES string of the molecule is CCCCCCCC(=O)OCCCCCOC(=O)CC(CC1OC1OCCCCCOC(=O)CCCCCCC)(OC(=O)CCN(C)C)C(=O)OCCCCCOC(=O)CCCCCCC. The molecule has 0 radical (unpaired) electrons. The number of epoxide rings is 1. The van der Waals surface area contributed by atoms with Crippen LogP contribution in [0.15, 0.2) is 0 Å². The molecule has 0 aromatic heterocycles. The number of carbonyl (C=O) groups is 6. The van der Waals surface area contributed by atoms with Crippen LogP contribution in [0.5, 0.6) is 0 Å². The van der Waals surface area contributed by atoms with Gasteiger partial charge in [-0.3, -0.25) is 24.0 Å². The number of esters is 6. The lowest BCUT2D eigenvalue weighted by atomic mass is 9.92. The van der Waals surface area contributed by atoms with Crippen molar-refractivity contribution < 1.29 is 66.7 Å². The Balaban J connectivity index is 2.79. The fourth-order valence-corrected chi connectivity index (χ4v) is 7.18. The maximum atomic E-state index is 14.1. The van der Waals surface area contributed by atoms with Gasteiger partial charge in [0, 0.05) is 38.8 Å². The standard InChI is InChI=1S/C51H91NO14/c1-6-9-12-15-21-30-44(53)59-35-24-18-27-38-62-48(57)42-51(66-47(56)33-34-52(4)5,50(58)64-40-29-20-26-37-61-46(55)32-23-17-14-11-8-3)41-43-49(65-43)63-39-28-19-25-36-60-45(54)31-22-16-13-10-7-2/h43,49H,6-42H2,1-5H3. The largest absolute Gasteiger partial charge is 0.466 e. The first kappa shape index (κ1) is 60.7. The molecule has 0 aromatic carbocycles. The number of nitrogens with zero attached hydrogens (tertiary/aromatic N) is 1. The van der Waals surface area contributed by atoms with Crippen molar-refractivity contribution in [2.75, 3.05) is 60.3 Å². The maximum Gasteiger partial charge on any atom is 0.351 e. The molecular weight excluding hydrogens is 851 g/mol. The van der Waals surface area contributed by atoms with Gasteiger partial charge in [-0.05, 0) is 91.1 Å². The molecule has 1 fully saturated rings. The summed E-state index contributed by atoms with van der Waals surface area (Å²) in [6, 6.07) is 0. The highest BCUT2D eigenvalue weighted by molar-refractivity contribution is 5.88. The third-order valence-corrected chi connectivity index (χ3v) is 11.3. The van der Waals surface area contributed by atoms with Gasteiger partial charge in [0.1, 0.15) is 6.10 Å². The number of hydrogen-bond acceptors (Lipinski definition) is 15. The van der Waals surface area contributed by atoms with Gasteiger partial charge in [0.25, 0.3) is 0 Å². The minimum absolute atomic E-state index is 0.000588. The molecule has 66 heavy (non-hydrogen) atoms. The zero-order valence-corrected chi connectivity index (χ0v) is 42.0. The Bertz CT molecular complexity index is 1290. The zero-order chi connectivity index (χ0) is 48.5. The van der Waals surface area contributed by atoms with Gasteiger partial charge in [-0.25, -0.2) is 4.79 Å². The average molecular weight is 942 g/mol. The van der Waals surface area contributed by atoms with E-state index in [0.29, 0.717) is 97.0 Å². The molecule has 0 spiro atoms. The van der Waals surface area contributed by atoms with Gasteiger partial charge in [-0.15, -0.1) is 0 Å². The van der Waals surface area contributed by atoms with Crippen LogP contribution in [-0.4, -0.2) is 119 Å². The summed E-state index contributed by atoms with van der Waals surface area (Å²) in [6.45, 7) is 8.17. The molecule has 1 rings (SSSR count). The Morgan fingerprint density at radius 2 is 0.818 bits per heavy atom. The van der Waals surface area contributed by atoms with Gasteiger partial charge in [0.15, 0.2) is 6.29 Å². The quantitative estimate of drug-likeness (QED) is 0.0243. The first-order valence-corrected chi connectivity index (χ1v) is 25.9. The van der Waals surface area contributed by atoms with Crippen molar-refractivity contribution in [1.82, 2.24) is 4.90 Å². The molecule has 1 heterocycles. The van der Waals surface area contributed by atoms with Gasteiger partial charge in [-0.1, -0.05) is 97.8 Å². The normalized spacial score (nSPS) is 15.2. The summed E-state index contributed by atoms with van der Waals surface area (Å²) in [5, 5.41) is 0. The van der Waals surface area contributed by atoms with Crippen LogP contribution >= 0.6 is 0 Å².